The number of nitrogens with zero attached hydrogens (tertiary/aromatic N) is 2. The predicted molar refractivity (Wildman–Crippen MR) is 117 cm³/mol. The fourth-order valence-corrected chi connectivity index (χ4v) is 4.46. The summed E-state index contributed by atoms with van der Waals surface area (Å²) in [5.41, 5.74) is 7.50. The predicted octanol–water partition coefficient (Wildman–Crippen LogP) is 6.92. The maximum absolute atomic E-state index is 5.01. The van der Waals surface area contributed by atoms with Crippen LogP contribution < -0.4 is 0 Å². The van der Waals surface area contributed by atoms with Crippen LogP contribution in [0, 0.1) is 7.43 Å². The zero-order valence-corrected chi connectivity index (χ0v) is 20.2. The Morgan fingerprint density at radius 3 is 2.04 bits per heavy atom. The van der Waals surface area contributed by atoms with E-state index >= 15 is 0 Å². The van der Waals surface area contributed by atoms with Crippen LogP contribution in [-0.4, -0.2) is 9.97 Å². The Morgan fingerprint density at radius 1 is 0.786 bits per heavy atom. The number of rotatable bonds is 1. The first-order valence-electron chi connectivity index (χ1n) is 8.98. The molecule has 139 valence electrons. The first-order valence-corrected chi connectivity index (χ1v) is 9.79. The summed E-state index contributed by atoms with van der Waals surface area (Å²) in [4.78, 5) is 10.4. The molecule has 0 spiro atoms. The molecule has 5 rings (SSSR count). The number of benzene rings is 2. The number of pyridine rings is 1. The smallest absolute Gasteiger partial charge is 0.124 e. The van der Waals surface area contributed by atoms with E-state index < -0.39 is 0 Å². The van der Waals surface area contributed by atoms with Crippen molar-refractivity contribution in [1.82, 2.24) is 9.97 Å². The van der Waals surface area contributed by atoms with Gasteiger partial charge < -0.3 is 7.43 Å². The van der Waals surface area contributed by atoms with Gasteiger partial charge in [0.2, 0.25) is 0 Å². The summed E-state index contributed by atoms with van der Waals surface area (Å²) in [7, 11) is 0. The molecule has 1 radical (unpaired) electrons. The second-order valence-corrected chi connectivity index (χ2v) is 6.92. The van der Waals surface area contributed by atoms with Gasteiger partial charge in [-0.2, -0.15) is 0 Å². The zero-order valence-electron chi connectivity index (χ0n) is 16.5. The quantitative estimate of drug-likeness (QED) is 0.254. The third-order valence-electron chi connectivity index (χ3n) is 4.47. The fraction of sp³-hybridized carbons (Fsp3) is 0.125. The van der Waals surface area contributed by atoms with Gasteiger partial charge in [0.05, 0.1) is 10.6 Å². The molecule has 2 nitrogen and oxygen atoms in total. The second-order valence-electron chi connectivity index (χ2n) is 5.92. The zero-order chi connectivity index (χ0) is 17.9. The number of thiazole rings is 1. The van der Waals surface area contributed by atoms with Gasteiger partial charge in [0, 0.05) is 56.2 Å². The maximum Gasteiger partial charge on any atom is 0.124 e. The maximum atomic E-state index is 5.01. The third-order valence-corrected chi connectivity index (χ3v) is 5.61. The average molecular weight is 460 g/mol. The standard InChI is InChI=1S/C21H14N2S.C2H6.CH3.Y/c1-3-7-17-15(5-1)13-16-6-2-4-8-18(16)20-19(17)23-21(24-20)14-9-11-22-12-10-14;1-2;;/h1-12H,13H2;1-2H3;1H3;/q;;-1;. The molecule has 0 saturated heterocycles. The molecule has 2 aromatic heterocycles. The molecule has 1 aliphatic carbocycles. The molecule has 0 amide bonds. The minimum absolute atomic E-state index is 0. The van der Waals surface area contributed by atoms with Crippen LogP contribution in [0.5, 0.6) is 0 Å². The molecular formula is C24H23N2SY-. The summed E-state index contributed by atoms with van der Waals surface area (Å²) < 4.78 is 0. The Kier molecular flexibility index (Phi) is 8.24. The van der Waals surface area contributed by atoms with Crippen LogP contribution in [-0.2, 0) is 39.1 Å². The van der Waals surface area contributed by atoms with Crippen molar-refractivity contribution in [2.24, 2.45) is 0 Å². The van der Waals surface area contributed by atoms with Crippen LogP contribution in [0.1, 0.15) is 25.0 Å². The van der Waals surface area contributed by atoms with E-state index in [1.807, 2.05) is 38.4 Å². The third kappa shape index (κ3) is 4.17. The number of fused-ring (bicyclic) bond motifs is 5. The molecule has 0 fully saturated rings. The van der Waals surface area contributed by atoms with Crippen LogP contribution in [0.4, 0.5) is 0 Å². The van der Waals surface area contributed by atoms with Crippen molar-refractivity contribution >= 4 is 11.3 Å². The van der Waals surface area contributed by atoms with E-state index in [9.17, 15) is 0 Å². The van der Waals surface area contributed by atoms with Gasteiger partial charge in [-0.1, -0.05) is 62.4 Å². The van der Waals surface area contributed by atoms with Gasteiger partial charge in [-0.3, -0.25) is 4.98 Å². The molecule has 0 bridgehead atoms. The number of hydrogen-bond acceptors (Lipinski definition) is 3. The van der Waals surface area contributed by atoms with Gasteiger partial charge in [-0.25, -0.2) is 4.98 Å². The number of aromatic nitrogens is 2. The van der Waals surface area contributed by atoms with Crippen molar-refractivity contribution in [3.8, 4) is 32.3 Å². The Bertz CT molecular complexity index is 978. The summed E-state index contributed by atoms with van der Waals surface area (Å²) in [5, 5.41) is 1.05. The van der Waals surface area contributed by atoms with E-state index in [4.69, 9.17) is 4.98 Å². The van der Waals surface area contributed by atoms with Crippen molar-refractivity contribution in [2.75, 3.05) is 0 Å². The number of hydrogen-bond donors (Lipinski definition) is 0. The molecule has 0 aliphatic heterocycles. The molecule has 0 N–H and O–H groups in total. The molecule has 0 saturated carbocycles. The van der Waals surface area contributed by atoms with E-state index in [0.29, 0.717) is 0 Å². The summed E-state index contributed by atoms with van der Waals surface area (Å²) >= 11 is 1.77. The molecule has 28 heavy (non-hydrogen) atoms. The summed E-state index contributed by atoms with van der Waals surface area (Å²) in [5.74, 6) is 0. The van der Waals surface area contributed by atoms with E-state index in [1.54, 1.807) is 11.3 Å². The van der Waals surface area contributed by atoms with Crippen LogP contribution in [0.15, 0.2) is 73.1 Å². The van der Waals surface area contributed by atoms with Gasteiger partial charge in [0.1, 0.15) is 5.01 Å². The molecule has 0 atom stereocenters. The largest absolute Gasteiger partial charge is 0.358 e. The molecule has 2 aromatic carbocycles. The Morgan fingerprint density at radius 2 is 1.36 bits per heavy atom. The van der Waals surface area contributed by atoms with Gasteiger partial charge in [0.25, 0.3) is 0 Å². The van der Waals surface area contributed by atoms with Crippen molar-refractivity contribution in [3.05, 3.63) is 91.6 Å². The summed E-state index contributed by atoms with van der Waals surface area (Å²) in [6, 6.07) is 21.4. The van der Waals surface area contributed by atoms with Crippen LogP contribution in [0.2, 0.25) is 0 Å². The van der Waals surface area contributed by atoms with Crippen molar-refractivity contribution in [3.63, 3.8) is 0 Å². The molecular weight excluding hydrogens is 437 g/mol. The van der Waals surface area contributed by atoms with Crippen molar-refractivity contribution in [2.45, 2.75) is 20.3 Å². The molecule has 4 aromatic rings. The SMILES string of the molecule is CC.[CH3-].[Y].c1ccc2c(c1)Cc1ccccc1-c1sc(-c3ccncc3)nc1-2. The molecule has 0 unspecified atom stereocenters. The normalized spacial score (nSPS) is 10.5. The van der Waals surface area contributed by atoms with E-state index in [2.05, 4.69) is 53.5 Å². The van der Waals surface area contributed by atoms with Crippen molar-refractivity contribution in [1.29, 1.82) is 0 Å². The summed E-state index contributed by atoms with van der Waals surface area (Å²) in [6.07, 6.45) is 4.60. The minimum atomic E-state index is 0. The minimum Gasteiger partial charge on any atom is -0.358 e. The monoisotopic (exact) mass is 460 g/mol. The van der Waals surface area contributed by atoms with Gasteiger partial charge in [-0.15, -0.1) is 11.3 Å². The first-order chi connectivity index (χ1) is 12.9. The van der Waals surface area contributed by atoms with Gasteiger partial charge >= 0.3 is 0 Å². The topological polar surface area (TPSA) is 25.8 Å². The Balaban J connectivity index is 0.000000680. The van der Waals surface area contributed by atoms with Crippen LogP contribution >= 0.6 is 11.3 Å². The molecule has 1 aliphatic rings. The Hall–Kier alpha value is -1.68. The van der Waals surface area contributed by atoms with Gasteiger partial charge in [0.15, 0.2) is 0 Å². The second kappa shape index (κ2) is 10.2. The Labute approximate surface area is 197 Å². The average Bonchev–Trinajstić information content (AvgIpc) is 3.11. The fourth-order valence-electron chi connectivity index (χ4n) is 3.31. The van der Waals surface area contributed by atoms with Crippen LogP contribution in [0.3, 0.4) is 0 Å². The van der Waals surface area contributed by atoms with E-state index in [1.165, 1.54) is 27.1 Å². The van der Waals surface area contributed by atoms with Crippen molar-refractivity contribution < 1.29 is 32.7 Å². The van der Waals surface area contributed by atoms with Crippen LogP contribution in [0.25, 0.3) is 32.3 Å². The molecule has 2 heterocycles. The first kappa shape index (κ1) is 22.6. The van der Waals surface area contributed by atoms with E-state index in [0.717, 1.165) is 22.7 Å². The molecule has 4 heteroatoms. The van der Waals surface area contributed by atoms with E-state index in [-0.39, 0.29) is 40.1 Å². The van der Waals surface area contributed by atoms with Gasteiger partial charge in [-0.05, 0) is 35.2 Å². The summed E-state index contributed by atoms with van der Waals surface area (Å²) in [6.45, 7) is 4.00.